The zero-order valence-corrected chi connectivity index (χ0v) is 9.50. The van der Waals surface area contributed by atoms with Gasteiger partial charge in [0.15, 0.2) is 0 Å². The van der Waals surface area contributed by atoms with Crippen molar-refractivity contribution in [3.8, 4) is 5.75 Å². The number of para-hydroxylation sites is 1. The van der Waals surface area contributed by atoms with E-state index in [9.17, 15) is 4.79 Å². The highest BCUT2D eigenvalue weighted by Gasteiger charge is 2.03. The fourth-order valence-electron chi connectivity index (χ4n) is 1.09. The Balaban J connectivity index is 2.06. The van der Waals surface area contributed by atoms with E-state index in [4.69, 9.17) is 19.3 Å². The summed E-state index contributed by atoms with van der Waals surface area (Å²) < 4.78 is 15.0. The Bertz CT molecular complexity index is 312. The molecule has 1 aromatic carbocycles. The summed E-state index contributed by atoms with van der Waals surface area (Å²) in [5, 5.41) is 8.44. The molecule has 0 saturated carbocycles. The maximum atomic E-state index is 11.3. The van der Waals surface area contributed by atoms with Gasteiger partial charge in [0.25, 0.3) is 0 Å². The topological polar surface area (TPSA) is 65.0 Å². The first-order valence-corrected chi connectivity index (χ1v) is 5.35. The molecule has 0 saturated heterocycles. The molecule has 0 aliphatic carbocycles. The molecule has 5 nitrogen and oxygen atoms in total. The van der Waals surface area contributed by atoms with E-state index in [0.29, 0.717) is 19.0 Å². The Morgan fingerprint density at radius 3 is 2.47 bits per heavy atom. The summed E-state index contributed by atoms with van der Waals surface area (Å²) >= 11 is 0. The van der Waals surface area contributed by atoms with Crippen LogP contribution in [0.25, 0.3) is 0 Å². The van der Waals surface area contributed by atoms with E-state index in [1.54, 1.807) is 24.3 Å². The van der Waals surface area contributed by atoms with Crippen molar-refractivity contribution in [2.45, 2.75) is 0 Å². The summed E-state index contributed by atoms with van der Waals surface area (Å²) in [6.45, 7) is 0.786. The number of benzene rings is 1. The van der Waals surface area contributed by atoms with E-state index < -0.39 is 5.97 Å². The minimum Gasteiger partial charge on any atom is -0.425 e. The van der Waals surface area contributed by atoms with Gasteiger partial charge in [-0.15, -0.1) is 0 Å². The average molecular weight is 240 g/mol. The highest BCUT2D eigenvalue weighted by atomic mass is 16.6. The van der Waals surface area contributed by atoms with Crippen molar-refractivity contribution in [3.63, 3.8) is 0 Å². The summed E-state index contributed by atoms with van der Waals surface area (Å²) in [7, 11) is 0. The van der Waals surface area contributed by atoms with E-state index in [1.807, 2.05) is 6.07 Å². The second-order valence-corrected chi connectivity index (χ2v) is 3.18. The van der Waals surface area contributed by atoms with Crippen molar-refractivity contribution in [1.29, 1.82) is 0 Å². The van der Waals surface area contributed by atoms with Gasteiger partial charge in [-0.1, -0.05) is 18.2 Å². The molecule has 0 aliphatic heterocycles. The smallest absolute Gasteiger partial charge is 0.337 e. The summed E-state index contributed by atoms with van der Waals surface area (Å²) in [6.07, 6.45) is 0. The highest BCUT2D eigenvalue weighted by Crippen LogP contribution is 2.08. The Morgan fingerprint density at radius 2 is 1.76 bits per heavy atom. The van der Waals surface area contributed by atoms with Crippen LogP contribution in [-0.2, 0) is 14.3 Å². The SMILES string of the molecule is O=C(COCCOCCO)Oc1ccccc1. The summed E-state index contributed by atoms with van der Waals surface area (Å²) in [5.41, 5.74) is 0. The highest BCUT2D eigenvalue weighted by molar-refractivity contribution is 5.73. The molecular formula is C12H16O5. The number of carbonyl (C=O) groups excluding carboxylic acids is 1. The van der Waals surface area contributed by atoms with Crippen LogP contribution in [-0.4, -0.2) is 44.1 Å². The lowest BCUT2D eigenvalue weighted by molar-refractivity contribution is -0.140. The lowest BCUT2D eigenvalue weighted by Gasteiger charge is -2.05. The van der Waals surface area contributed by atoms with Gasteiger partial charge >= 0.3 is 5.97 Å². The molecular weight excluding hydrogens is 224 g/mol. The van der Waals surface area contributed by atoms with Gasteiger partial charge in [-0.05, 0) is 12.1 Å². The molecule has 0 unspecified atom stereocenters. The fraction of sp³-hybridized carbons (Fsp3) is 0.417. The van der Waals surface area contributed by atoms with Crippen molar-refractivity contribution in [1.82, 2.24) is 0 Å². The Hall–Kier alpha value is -1.43. The predicted octanol–water partition coefficient (Wildman–Crippen LogP) is 0.617. The quantitative estimate of drug-likeness (QED) is 0.410. The number of hydrogen-bond acceptors (Lipinski definition) is 5. The first kappa shape index (κ1) is 13.6. The van der Waals surface area contributed by atoms with Gasteiger partial charge in [0, 0.05) is 0 Å². The van der Waals surface area contributed by atoms with Crippen LogP contribution in [0.5, 0.6) is 5.75 Å². The fourth-order valence-corrected chi connectivity index (χ4v) is 1.09. The molecule has 0 fully saturated rings. The van der Waals surface area contributed by atoms with Gasteiger partial charge < -0.3 is 19.3 Å². The third-order valence-electron chi connectivity index (χ3n) is 1.80. The van der Waals surface area contributed by atoms with Crippen molar-refractivity contribution in [2.75, 3.05) is 33.0 Å². The van der Waals surface area contributed by atoms with Gasteiger partial charge in [0.1, 0.15) is 12.4 Å². The molecule has 17 heavy (non-hydrogen) atoms. The van der Waals surface area contributed by atoms with Crippen LogP contribution in [0.15, 0.2) is 30.3 Å². The molecule has 0 amide bonds. The first-order chi connectivity index (χ1) is 8.33. The predicted molar refractivity (Wildman–Crippen MR) is 60.8 cm³/mol. The van der Waals surface area contributed by atoms with Crippen LogP contribution in [0.2, 0.25) is 0 Å². The lowest BCUT2D eigenvalue weighted by Crippen LogP contribution is -2.17. The van der Waals surface area contributed by atoms with Crippen LogP contribution in [0.1, 0.15) is 0 Å². The Morgan fingerprint density at radius 1 is 1.06 bits per heavy atom. The third-order valence-corrected chi connectivity index (χ3v) is 1.80. The standard InChI is InChI=1S/C12H16O5/c13-6-7-15-8-9-16-10-12(14)17-11-4-2-1-3-5-11/h1-5,13H,6-10H2. The second kappa shape index (κ2) is 8.69. The Labute approximate surface area is 99.9 Å². The Kier molecular flexibility index (Phi) is 6.97. The van der Waals surface area contributed by atoms with E-state index in [1.165, 1.54) is 0 Å². The van der Waals surface area contributed by atoms with Crippen LogP contribution in [0, 0.1) is 0 Å². The van der Waals surface area contributed by atoms with E-state index in [0.717, 1.165) is 0 Å². The largest absolute Gasteiger partial charge is 0.425 e. The van der Waals surface area contributed by atoms with Gasteiger partial charge in [-0.2, -0.15) is 0 Å². The zero-order chi connectivity index (χ0) is 12.3. The molecule has 0 bridgehead atoms. The molecule has 1 rings (SSSR count). The van der Waals surface area contributed by atoms with Gasteiger partial charge in [0.2, 0.25) is 0 Å². The van der Waals surface area contributed by atoms with Crippen molar-refractivity contribution < 1.29 is 24.1 Å². The van der Waals surface area contributed by atoms with Crippen molar-refractivity contribution in [3.05, 3.63) is 30.3 Å². The first-order valence-electron chi connectivity index (χ1n) is 5.35. The number of carbonyl (C=O) groups is 1. The molecule has 0 radical (unpaired) electrons. The average Bonchev–Trinajstić information content (AvgIpc) is 2.35. The second-order valence-electron chi connectivity index (χ2n) is 3.18. The molecule has 1 aromatic rings. The van der Waals surface area contributed by atoms with Gasteiger partial charge in [0.05, 0.1) is 26.4 Å². The van der Waals surface area contributed by atoms with E-state index >= 15 is 0 Å². The minimum absolute atomic E-state index is 0.0178. The lowest BCUT2D eigenvalue weighted by atomic mass is 10.3. The number of ether oxygens (including phenoxy) is 3. The monoisotopic (exact) mass is 240 g/mol. The van der Waals surface area contributed by atoms with Crippen LogP contribution < -0.4 is 4.74 Å². The summed E-state index contributed by atoms with van der Waals surface area (Å²) in [4.78, 5) is 11.3. The maximum absolute atomic E-state index is 11.3. The van der Waals surface area contributed by atoms with E-state index in [-0.39, 0.29) is 19.8 Å². The van der Waals surface area contributed by atoms with Crippen LogP contribution >= 0.6 is 0 Å². The van der Waals surface area contributed by atoms with Gasteiger partial charge in [-0.3, -0.25) is 0 Å². The minimum atomic E-state index is -0.446. The summed E-state index contributed by atoms with van der Waals surface area (Å²) in [6, 6.07) is 8.80. The normalized spacial score (nSPS) is 10.2. The van der Waals surface area contributed by atoms with Crippen LogP contribution in [0.3, 0.4) is 0 Å². The number of esters is 1. The third kappa shape index (κ3) is 6.68. The molecule has 0 spiro atoms. The van der Waals surface area contributed by atoms with Crippen molar-refractivity contribution in [2.24, 2.45) is 0 Å². The maximum Gasteiger partial charge on any atom is 0.337 e. The van der Waals surface area contributed by atoms with Crippen molar-refractivity contribution >= 4 is 5.97 Å². The molecule has 1 N–H and O–H groups in total. The van der Waals surface area contributed by atoms with Crippen LogP contribution in [0.4, 0.5) is 0 Å². The number of aliphatic hydroxyl groups excluding tert-OH is 1. The molecule has 0 heterocycles. The summed E-state index contributed by atoms with van der Waals surface area (Å²) in [5.74, 6) is 0.0518. The molecule has 94 valence electrons. The van der Waals surface area contributed by atoms with E-state index in [2.05, 4.69) is 0 Å². The number of hydrogen-bond donors (Lipinski definition) is 1. The zero-order valence-electron chi connectivity index (χ0n) is 9.50. The molecule has 0 aromatic heterocycles. The van der Waals surface area contributed by atoms with Gasteiger partial charge in [-0.25, -0.2) is 4.79 Å². The molecule has 0 atom stereocenters. The number of rotatable bonds is 8. The molecule has 5 heteroatoms. The molecule has 0 aliphatic rings. The number of aliphatic hydroxyl groups is 1.